The van der Waals surface area contributed by atoms with Crippen LogP contribution in [0.2, 0.25) is 0 Å². The minimum atomic E-state index is -6.00. The van der Waals surface area contributed by atoms with Gasteiger partial charge >= 0.3 is 18.6 Å². The second kappa shape index (κ2) is 18.1. The van der Waals surface area contributed by atoms with Crippen molar-refractivity contribution >= 4 is 58.6 Å². The molecule has 0 saturated carbocycles. The highest BCUT2D eigenvalue weighted by molar-refractivity contribution is 6.50. The molecule has 7 rings (SSSR count). The number of rotatable bonds is 9. The Morgan fingerprint density at radius 1 is 0.724 bits per heavy atom. The Morgan fingerprint density at radius 2 is 1.33 bits per heavy atom. The maximum Gasteiger partial charge on any atom is 0.673 e. The summed E-state index contributed by atoms with van der Waals surface area (Å²) in [6.45, 7) is 0. The van der Waals surface area contributed by atoms with E-state index >= 15 is 0 Å². The molecular formula is C46H44BClF4N2O4. The minimum Gasteiger partial charge on any atom is -0.497 e. The number of ether oxygens (including phenoxy) is 3. The first-order chi connectivity index (χ1) is 27.7. The average Bonchev–Trinajstić information content (AvgIpc) is 3.21. The highest BCUT2D eigenvalue weighted by atomic mass is 35.5. The topological polar surface area (TPSA) is 45.5 Å². The van der Waals surface area contributed by atoms with Crippen molar-refractivity contribution in [2.75, 3.05) is 52.2 Å². The maximum atomic E-state index is 9.75. The summed E-state index contributed by atoms with van der Waals surface area (Å²) in [5, 5.41) is 1.83. The third-order valence-corrected chi connectivity index (χ3v) is 10.2. The molecule has 300 valence electrons. The zero-order valence-electron chi connectivity index (χ0n) is 33.2. The molecule has 0 bridgehead atoms. The van der Waals surface area contributed by atoms with Crippen LogP contribution in [0.25, 0.3) is 39.7 Å². The van der Waals surface area contributed by atoms with Gasteiger partial charge < -0.3 is 41.3 Å². The Bertz CT molecular complexity index is 2430. The maximum absolute atomic E-state index is 9.75. The fourth-order valence-corrected chi connectivity index (χ4v) is 6.93. The van der Waals surface area contributed by atoms with Crippen molar-refractivity contribution < 1.29 is 35.9 Å². The molecule has 0 fully saturated rings. The molecule has 0 amide bonds. The number of methoxy groups -OCH3 is 2. The molecule has 0 N–H and O–H groups in total. The Balaban J connectivity index is 0.00000107. The Labute approximate surface area is 341 Å². The molecule has 0 unspecified atom stereocenters. The van der Waals surface area contributed by atoms with E-state index in [9.17, 15) is 17.3 Å². The molecule has 1 aromatic heterocycles. The molecule has 0 atom stereocenters. The predicted molar refractivity (Wildman–Crippen MR) is 231 cm³/mol. The van der Waals surface area contributed by atoms with Crippen LogP contribution in [0.1, 0.15) is 36.0 Å². The van der Waals surface area contributed by atoms with Crippen LogP contribution in [0.4, 0.5) is 28.6 Å². The van der Waals surface area contributed by atoms with Crippen molar-refractivity contribution in [3.63, 3.8) is 0 Å². The number of halogens is 5. The van der Waals surface area contributed by atoms with Crippen molar-refractivity contribution in [1.82, 2.24) is 0 Å². The first-order valence-electron chi connectivity index (χ1n) is 18.6. The quantitative estimate of drug-likeness (QED) is 0.0839. The normalized spacial score (nSPS) is 15.5. The molecule has 6 nitrogen and oxygen atoms in total. The highest BCUT2D eigenvalue weighted by Crippen LogP contribution is 2.41. The van der Waals surface area contributed by atoms with Crippen LogP contribution >= 0.6 is 11.6 Å². The first kappa shape index (κ1) is 41.7. The van der Waals surface area contributed by atoms with Crippen LogP contribution in [0.3, 0.4) is 0 Å². The molecule has 5 aromatic rings. The second-order valence-corrected chi connectivity index (χ2v) is 14.5. The lowest BCUT2D eigenvalue weighted by molar-refractivity contribution is 0.368. The molecular weight excluding hydrogens is 767 g/mol. The van der Waals surface area contributed by atoms with Crippen LogP contribution in [-0.4, -0.2) is 49.7 Å². The van der Waals surface area contributed by atoms with Crippen molar-refractivity contribution in [3.8, 4) is 28.6 Å². The molecule has 0 saturated heterocycles. The summed E-state index contributed by atoms with van der Waals surface area (Å²) in [6, 6.07) is 30.7. The van der Waals surface area contributed by atoms with Gasteiger partial charge in [0.25, 0.3) is 0 Å². The van der Waals surface area contributed by atoms with E-state index in [1.165, 1.54) is 0 Å². The summed E-state index contributed by atoms with van der Waals surface area (Å²) in [5.74, 6) is 3.98. The number of fused-ring (bicyclic) bond motifs is 2. The lowest BCUT2D eigenvalue weighted by Gasteiger charge is -2.23. The van der Waals surface area contributed by atoms with Gasteiger partial charge in [-0.15, -0.1) is 0 Å². The van der Waals surface area contributed by atoms with E-state index in [0.29, 0.717) is 0 Å². The van der Waals surface area contributed by atoms with Crippen LogP contribution in [-0.2, 0) is 0 Å². The Kier molecular flexibility index (Phi) is 13.0. The summed E-state index contributed by atoms with van der Waals surface area (Å²) < 4.78 is 62.7. The lowest BCUT2D eigenvalue weighted by atomic mass is 9.92. The third kappa shape index (κ3) is 10.3. The summed E-state index contributed by atoms with van der Waals surface area (Å²) in [5.41, 5.74) is 10.3. The second-order valence-electron chi connectivity index (χ2n) is 14.1. The molecule has 1 aliphatic carbocycles. The van der Waals surface area contributed by atoms with E-state index < -0.39 is 7.25 Å². The first-order valence-corrected chi connectivity index (χ1v) is 19.0. The number of hydrogen-bond acceptors (Lipinski definition) is 5. The number of hydrogen-bond donors (Lipinski definition) is 0. The summed E-state index contributed by atoms with van der Waals surface area (Å²) >= 11 is 7.21. The summed E-state index contributed by atoms with van der Waals surface area (Å²) in [7, 11) is 5.48. The van der Waals surface area contributed by atoms with Gasteiger partial charge in [0.1, 0.15) is 23.0 Å². The van der Waals surface area contributed by atoms with Gasteiger partial charge in [-0.3, -0.25) is 0 Å². The lowest BCUT2D eigenvalue weighted by Crippen LogP contribution is -2.10. The molecule has 1 aliphatic heterocycles. The molecule has 12 heteroatoms. The SMILES string of the molecule is COc1ccc(C2=C/C(=C\C=C3/CCCC(/C=C/c4cc(-c5ccc(OC)cc5)[o+]c5cc(N(C)C)ccc45)=C3Cl)c3ccc(N(C)C)cc3O2)cc1.F[B-](F)(F)F. The van der Waals surface area contributed by atoms with Crippen LogP contribution < -0.4 is 24.0 Å². The van der Waals surface area contributed by atoms with E-state index in [2.05, 4.69) is 82.6 Å². The summed E-state index contributed by atoms with van der Waals surface area (Å²) in [6.07, 6.45) is 13.6. The number of nitrogens with zero attached hydrogens (tertiary/aromatic N) is 2. The summed E-state index contributed by atoms with van der Waals surface area (Å²) in [4.78, 5) is 4.16. The largest absolute Gasteiger partial charge is 0.673 e. The smallest absolute Gasteiger partial charge is 0.497 e. The third-order valence-electron chi connectivity index (χ3n) is 9.73. The van der Waals surface area contributed by atoms with Gasteiger partial charge in [-0.05, 0) is 115 Å². The van der Waals surface area contributed by atoms with Crippen LogP contribution in [0, 0.1) is 0 Å². The van der Waals surface area contributed by atoms with Crippen molar-refractivity contribution in [3.05, 3.63) is 148 Å². The van der Waals surface area contributed by atoms with Gasteiger partial charge in [-0.2, -0.15) is 0 Å². The van der Waals surface area contributed by atoms with Gasteiger partial charge in [0.05, 0.1) is 37.3 Å². The van der Waals surface area contributed by atoms with Gasteiger partial charge in [0.15, 0.2) is 0 Å². The monoisotopic (exact) mass is 810 g/mol. The zero-order chi connectivity index (χ0) is 41.6. The minimum absolute atomic E-state index is 0.781. The molecule has 4 aromatic carbocycles. The van der Waals surface area contributed by atoms with E-state index in [0.717, 1.165) is 114 Å². The van der Waals surface area contributed by atoms with Crippen molar-refractivity contribution in [2.45, 2.75) is 19.3 Å². The average molecular weight is 811 g/mol. The molecule has 2 heterocycles. The number of anilines is 2. The van der Waals surface area contributed by atoms with Gasteiger partial charge in [0, 0.05) is 67.4 Å². The van der Waals surface area contributed by atoms with Gasteiger partial charge in [-0.25, -0.2) is 4.42 Å². The molecule has 58 heavy (non-hydrogen) atoms. The fraction of sp³-hybridized carbons (Fsp3) is 0.196. The van der Waals surface area contributed by atoms with Crippen LogP contribution in [0.5, 0.6) is 17.2 Å². The highest BCUT2D eigenvalue weighted by Gasteiger charge is 2.23. The zero-order valence-corrected chi connectivity index (χ0v) is 33.9. The number of allylic oxidation sites excluding steroid dienone is 8. The van der Waals surface area contributed by atoms with Gasteiger partial charge in [0.2, 0.25) is 0 Å². The Morgan fingerprint density at radius 3 is 1.95 bits per heavy atom. The molecule has 0 spiro atoms. The van der Waals surface area contributed by atoms with E-state index in [1.54, 1.807) is 14.2 Å². The van der Waals surface area contributed by atoms with Crippen molar-refractivity contribution in [1.29, 1.82) is 0 Å². The number of benzene rings is 4. The Hall–Kier alpha value is -5.94. The van der Waals surface area contributed by atoms with E-state index in [4.69, 9.17) is 30.2 Å². The standard InChI is InChI=1S/C46H44ClN2O4.BF4/c1-48(2)36-18-24-40-34(26-42(52-44(40)28-36)30-14-20-38(50-5)21-15-30)12-10-32-8-7-9-33(46(32)47)11-13-35-27-43(31-16-22-39(51-6)23-17-31)53-45-29-37(49(3)4)19-25-41(35)45;2-1(3,4)5/h10-29H,7-9H2,1-6H3;/q+1;-1. The van der Waals surface area contributed by atoms with Crippen LogP contribution in [0.15, 0.2) is 136 Å². The van der Waals surface area contributed by atoms with E-state index in [1.807, 2.05) is 76.7 Å². The van der Waals surface area contributed by atoms with Gasteiger partial charge in [-0.1, -0.05) is 35.9 Å². The van der Waals surface area contributed by atoms with Crippen molar-refractivity contribution in [2.24, 2.45) is 0 Å². The fourth-order valence-electron chi connectivity index (χ4n) is 6.62. The van der Waals surface area contributed by atoms with E-state index in [-0.39, 0.29) is 0 Å². The predicted octanol–water partition coefficient (Wildman–Crippen LogP) is 13.0. The molecule has 2 aliphatic rings. The molecule has 0 radical (unpaired) electrons.